The topological polar surface area (TPSA) is 49.6 Å². The van der Waals surface area contributed by atoms with Crippen LogP contribution in [0, 0.1) is 4.91 Å². The smallest absolute Gasteiger partial charge is 0.410 e. The molecule has 1 aliphatic heterocycles. The molecule has 0 radical (unpaired) electrons. The Hall–Kier alpha value is -1.13. The van der Waals surface area contributed by atoms with Gasteiger partial charge in [0.25, 0.3) is 0 Å². The number of nitroso groups, excluding NO2 is 1. The monoisotopic (exact) mass is 215 g/mol. The summed E-state index contributed by atoms with van der Waals surface area (Å²) in [5.41, 5.74) is -0.472. The van der Waals surface area contributed by atoms with Crippen molar-refractivity contribution in [3.05, 3.63) is 4.91 Å². The van der Waals surface area contributed by atoms with E-state index in [2.05, 4.69) is 0 Å². The van der Waals surface area contributed by atoms with Gasteiger partial charge in [-0.2, -0.15) is 0 Å². The van der Waals surface area contributed by atoms with Gasteiger partial charge in [0.1, 0.15) is 5.60 Å². The maximum atomic E-state index is 11.7. The van der Waals surface area contributed by atoms with Crippen LogP contribution >= 0.6 is 0 Å². The van der Waals surface area contributed by atoms with Gasteiger partial charge in [-0.1, -0.05) is 0 Å². The summed E-state index contributed by atoms with van der Waals surface area (Å²) in [6, 6.07) is 0. The van der Waals surface area contributed by atoms with Crippen molar-refractivity contribution in [1.82, 2.24) is 4.90 Å². The zero-order valence-electron chi connectivity index (χ0n) is 9.65. The van der Waals surface area contributed by atoms with Gasteiger partial charge >= 0.3 is 6.09 Å². The minimum Gasteiger partial charge on any atom is -0.444 e. The van der Waals surface area contributed by atoms with Crippen molar-refractivity contribution in [2.45, 2.75) is 32.8 Å². The molecule has 1 amide bonds. The normalized spacial score (nSPS) is 18.6. The van der Waals surface area contributed by atoms with Crippen LogP contribution in [0.5, 0.6) is 0 Å². The second-order valence-corrected chi connectivity index (χ2v) is 4.75. The van der Waals surface area contributed by atoms with Crippen LogP contribution in [0.3, 0.4) is 0 Å². The average molecular weight is 215 g/mol. The van der Waals surface area contributed by atoms with Crippen molar-refractivity contribution in [1.29, 1.82) is 0 Å². The average Bonchev–Trinajstić information content (AvgIpc) is 2.26. The molecule has 1 saturated heterocycles. The summed E-state index contributed by atoms with van der Waals surface area (Å²) in [5, 5.41) is 0. The van der Waals surface area contributed by atoms with Crippen LogP contribution in [0.1, 0.15) is 27.2 Å². The number of nitrogens with zero attached hydrogens (tertiary/aromatic N) is 2. The highest BCUT2D eigenvalue weighted by atomic mass is 16.6. The molecule has 5 heteroatoms. The van der Waals surface area contributed by atoms with Crippen molar-refractivity contribution in [2.75, 3.05) is 26.2 Å². The summed E-state index contributed by atoms with van der Waals surface area (Å²) in [6.07, 6.45) is 0.390. The maximum absolute atomic E-state index is 11.7. The third-order valence-corrected chi connectivity index (χ3v) is 2.11. The number of rotatable bonds is 0. The second kappa shape index (κ2) is 4.59. The molecule has 1 fully saturated rings. The number of hydrogen-bond acceptors (Lipinski definition) is 3. The quantitative estimate of drug-likeness (QED) is 0.574. The molecule has 0 aromatic carbocycles. The van der Waals surface area contributed by atoms with Gasteiger partial charge in [-0.25, -0.2) is 4.79 Å². The number of ether oxygens (including phenoxy) is 1. The molecule has 1 heterocycles. The fourth-order valence-corrected chi connectivity index (χ4v) is 1.40. The first-order valence-electron chi connectivity index (χ1n) is 5.28. The van der Waals surface area contributed by atoms with Crippen molar-refractivity contribution in [3.63, 3.8) is 0 Å². The first-order chi connectivity index (χ1) is 6.88. The highest BCUT2D eigenvalue weighted by Crippen LogP contribution is 2.11. The van der Waals surface area contributed by atoms with E-state index in [0.717, 1.165) is 4.76 Å². The lowest BCUT2D eigenvalue weighted by atomic mass is 10.2. The molecule has 0 N–H and O–H groups in total. The molecule has 0 spiro atoms. The summed E-state index contributed by atoms with van der Waals surface area (Å²) >= 11 is 0. The molecule has 0 aromatic heterocycles. The molecule has 0 bridgehead atoms. The summed E-state index contributed by atoms with van der Waals surface area (Å²) in [6.45, 7) is 7.44. The largest absolute Gasteiger partial charge is 0.444 e. The van der Waals surface area contributed by atoms with Gasteiger partial charge in [0.05, 0.1) is 6.54 Å². The Morgan fingerprint density at radius 1 is 1.27 bits per heavy atom. The van der Waals surface area contributed by atoms with E-state index in [4.69, 9.17) is 4.74 Å². The van der Waals surface area contributed by atoms with Crippen LogP contribution in [-0.4, -0.2) is 47.5 Å². The Bertz CT molecular complexity index is 258. The van der Waals surface area contributed by atoms with E-state index in [1.54, 1.807) is 4.90 Å². The maximum Gasteiger partial charge on any atom is 0.410 e. The third-order valence-electron chi connectivity index (χ3n) is 2.11. The van der Waals surface area contributed by atoms with Gasteiger partial charge in [0.2, 0.25) is 6.54 Å². The minimum absolute atomic E-state index is 0.321. The third kappa shape index (κ3) is 4.27. The molecule has 1 aliphatic rings. The van der Waals surface area contributed by atoms with E-state index in [-0.39, 0.29) is 6.09 Å². The molecular weight excluding hydrogens is 196 g/mol. The predicted octanol–water partition coefficient (Wildman–Crippen LogP) is 1.41. The standard InChI is InChI=1S/C10H19N2O3/c1-10(2,3)15-9(13)11-5-4-6-12(14)8-7-11/h4-8H2,1-3H3/q+1. The first-order valence-corrected chi connectivity index (χ1v) is 5.28. The zero-order chi connectivity index (χ0) is 11.5. The Kier molecular flexibility index (Phi) is 3.66. The van der Waals surface area contributed by atoms with Gasteiger partial charge in [0, 0.05) is 17.9 Å². The van der Waals surface area contributed by atoms with Crippen molar-refractivity contribution in [3.8, 4) is 0 Å². The number of carbonyl (C=O) groups is 1. The summed E-state index contributed by atoms with van der Waals surface area (Å²) < 4.78 is 6.22. The Labute approximate surface area is 90.0 Å². The van der Waals surface area contributed by atoms with Crippen molar-refractivity contribution in [2.24, 2.45) is 0 Å². The summed E-state index contributed by atoms with van der Waals surface area (Å²) in [4.78, 5) is 24.3. The van der Waals surface area contributed by atoms with Crippen LogP contribution in [0.2, 0.25) is 0 Å². The van der Waals surface area contributed by atoms with Crippen molar-refractivity contribution >= 4 is 6.09 Å². The number of hydrogen-bond donors (Lipinski definition) is 0. The van der Waals surface area contributed by atoms with E-state index in [0.29, 0.717) is 32.6 Å². The van der Waals surface area contributed by atoms with Crippen LogP contribution in [0.4, 0.5) is 4.79 Å². The predicted molar refractivity (Wildman–Crippen MR) is 55.8 cm³/mol. The molecule has 0 saturated carbocycles. The fourth-order valence-electron chi connectivity index (χ4n) is 1.40. The van der Waals surface area contributed by atoms with E-state index >= 15 is 0 Å². The second-order valence-electron chi connectivity index (χ2n) is 4.75. The Morgan fingerprint density at radius 2 is 1.93 bits per heavy atom. The molecular formula is C10H19N2O3+. The lowest BCUT2D eigenvalue weighted by molar-refractivity contribution is -0.544. The first kappa shape index (κ1) is 11.9. The van der Waals surface area contributed by atoms with E-state index in [9.17, 15) is 9.70 Å². The van der Waals surface area contributed by atoms with Gasteiger partial charge in [-0.15, -0.1) is 0 Å². The lowest BCUT2D eigenvalue weighted by Crippen LogP contribution is -2.38. The van der Waals surface area contributed by atoms with Gasteiger partial charge in [0.15, 0.2) is 6.54 Å². The van der Waals surface area contributed by atoms with Crippen molar-refractivity contribution < 1.29 is 14.3 Å². The van der Waals surface area contributed by atoms with E-state index in [1.807, 2.05) is 20.8 Å². The van der Waals surface area contributed by atoms with Crippen LogP contribution in [0.15, 0.2) is 0 Å². The highest BCUT2D eigenvalue weighted by molar-refractivity contribution is 5.68. The zero-order valence-corrected chi connectivity index (χ0v) is 9.65. The molecule has 0 unspecified atom stereocenters. The SMILES string of the molecule is CC(C)(C)OC(=O)N1CCC[N+](=O)CC1. The highest BCUT2D eigenvalue weighted by Gasteiger charge is 2.26. The lowest BCUT2D eigenvalue weighted by Gasteiger charge is -2.25. The number of amides is 1. The summed E-state index contributed by atoms with van der Waals surface area (Å²) in [5.74, 6) is 0. The van der Waals surface area contributed by atoms with E-state index < -0.39 is 5.60 Å². The number of carbonyl (C=O) groups excluding carboxylic acids is 1. The van der Waals surface area contributed by atoms with Gasteiger partial charge in [-0.3, -0.25) is 0 Å². The molecule has 5 nitrogen and oxygen atoms in total. The molecule has 0 aromatic rings. The van der Waals surface area contributed by atoms with Gasteiger partial charge < -0.3 is 9.64 Å². The van der Waals surface area contributed by atoms with Gasteiger partial charge in [-0.05, 0) is 25.5 Å². The molecule has 1 rings (SSSR count). The Balaban J connectivity index is 2.49. The van der Waals surface area contributed by atoms with E-state index in [1.165, 1.54) is 0 Å². The molecule has 15 heavy (non-hydrogen) atoms. The van der Waals surface area contributed by atoms with Crippen LogP contribution < -0.4 is 0 Å². The van der Waals surface area contributed by atoms with Crippen LogP contribution in [-0.2, 0) is 4.74 Å². The minimum atomic E-state index is -0.472. The van der Waals surface area contributed by atoms with Crippen LogP contribution in [0.25, 0.3) is 0 Å². The Morgan fingerprint density at radius 3 is 2.53 bits per heavy atom. The molecule has 0 aliphatic carbocycles. The molecule has 86 valence electrons. The molecule has 0 atom stereocenters. The summed E-state index contributed by atoms with van der Waals surface area (Å²) in [7, 11) is 0. The fraction of sp³-hybridized carbons (Fsp3) is 0.900.